The molecule has 9 heteroatoms. The molecule has 0 unspecified atom stereocenters. The Morgan fingerprint density at radius 2 is 2.23 bits per heavy atom. The van der Waals surface area contributed by atoms with Gasteiger partial charge in [0.15, 0.2) is 0 Å². The highest BCUT2D eigenvalue weighted by molar-refractivity contribution is 6.31. The average molecular weight is 432 g/mol. The molecule has 0 saturated heterocycles. The number of benzene rings is 1. The van der Waals surface area contributed by atoms with E-state index in [1.165, 1.54) is 18.3 Å². The third-order valence-corrected chi connectivity index (χ3v) is 4.20. The molecule has 0 radical (unpaired) electrons. The number of aromatic nitrogens is 1. The number of hydrogen-bond acceptors (Lipinski definition) is 6. The van der Waals surface area contributed by atoms with Gasteiger partial charge in [-0.2, -0.15) is 5.10 Å². The van der Waals surface area contributed by atoms with Gasteiger partial charge in [0.2, 0.25) is 5.88 Å². The molecule has 158 valence electrons. The van der Waals surface area contributed by atoms with E-state index in [2.05, 4.69) is 22.1 Å². The Labute approximate surface area is 179 Å². The van der Waals surface area contributed by atoms with Crippen molar-refractivity contribution in [3.63, 3.8) is 0 Å². The first kappa shape index (κ1) is 23.0. The highest BCUT2D eigenvalue weighted by Crippen LogP contribution is 2.24. The van der Waals surface area contributed by atoms with Crippen molar-refractivity contribution in [1.82, 2.24) is 9.88 Å². The Morgan fingerprint density at radius 1 is 1.43 bits per heavy atom. The third kappa shape index (κ3) is 6.66. The van der Waals surface area contributed by atoms with Crippen LogP contribution in [-0.4, -0.2) is 41.4 Å². The molecule has 0 aliphatic heterocycles. The van der Waals surface area contributed by atoms with Crippen molar-refractivity contribution in [3.05, 3.63) is 65.2 Å². The number of amides is 1. The van der Waals surface area contributed by atoms with Crippen LogP contribution in [0.4, 0.5) is 10.1 Å². The van der Waals surface area contributed by atoms with Gasteiger partial charge in [0.25, 0.3) is 5.91 Å². The van der Waals surface area contributed by atoms with Gasteiger partial charge in [-0.3, -0.25) is 10.2 Å². The smallest absolute Gasteiger partial charge is 0.260 e. The summed E-state index contributed by atoms with van der Waals surface area (Å²) < 4.78 is 18.4. The molecule has 1 aromatic heterocycles. The van der Waals surface area contributed by atoms with Crippen LogP contribution in [0.2, 0.25) is 5.02 Å². The van der Waals surface area contributed by atoms with Crippen molar-refractivity contribution in [1.29, 1.82) is 5.41 Å². The van der Waals surface area contributed by atoms with Gasteiger partial charge in [0.1, 0.15) is 5.82 Å². The van der Waals surface area contributed by atoms with Crippen molar-refractivity contribution in [2.75, 3.05) is 18.6 Å². The molecule has 1 amide bonds. The molecule has 0 atom stereocenters. The molecule has 2 N–H and O–H groups in total. The lowest BCUT2D eigenvalue weighted by molar-refractivity contribution is 0.0799. The fourth-order valence-electron chi connectivity index (χ4n) is 2.56. The minimum Gasteiger partial charge on any atom is -0.477 e. The number of carbonyl (C=O) groups is 1. The van der Waals surface area contributed by atoms with E-state index < -0.39 is 5.82 Å². The fourth-order valence-corrected chi connectivity index (χ4v) is 2.74. The Hall–Kier alpha value is -3.26. The maximum absolute atomic E-state index is 13.2. The summed E-state index contributed by atoms with van der Waals surface area (Å²) in [5.74, 6) is -0.429. The Bertz CT molecular complexity index is 918. The number of pyridine rings is 1. The molecule has 0 spiro atoms. The summed E-state index contributed by atoms with van der Waals surface area (Å²) >= 11 is 6.10. The van der Waals surface area contributed by atoms with E-state index in [4.69, 9.17) is 21.7 Å². The third-order valence-electron chi connectivity index (χ3n) is 3.96. The van der Waals surface area contributed by atoms with Gasteiger partial charge in [-0.15, -0.1) is 0 Å². The van der Waals surface area contributed by atoms with Gasteiger partial charge >= 0.3 is 0 Å². The largest absolute Gasteiger partial charge is 0.477 e. The van der Waals surface area contributed by atoms with E-state index in [0.717, 1.165) is 18.8 Å². The quantitative estimate of drug-likeness (QED) is 0.396. The summed E-state index contributed by atoms with van der Waals surface area (Å²) in [5, 5.41) is 11.3. The standard InChI is InChI=1S/C21H23ClFN5O2/c1-3-11-28(15(2)8-12-30-20-7-5-17(23)14-25-20)21(29)18-13-16(22)4-6-19(18)27-26-10-9-24/h4-7,9-10,13-14,24,27H,2-3,8,11-12H2,1H3/b24-9?,26-10-. The molecule has 2 rings (SSSR count). The fraction of sp³-hybridized carbons (Fsp3) is 0.238. The molecule has 7 nitrogen and oxygen atoms in total. The molecule has 1 heterocycles. The Kier molecular flexibility index (Phi) is 8.96. The SMILES string of the molecule is C=C(CCOc1ccc(F)cn1)N(CCC)C(=O)c1cc(Cl)ccc1N/N=C\C=N. The van der Waals surface area contributed by atoms with E-state index >= 15 is 0 Å². The second kappa shape index (κ2) is 11.7. The van der Waals surface area contributed by atoms with Gasteiger partial charge < -0.3 is 15.0 Å². The number of nitrogens with zero attached hydrogens (tertiary/aromatic N) is 3. The molecule has 30 heavy (non-hydrogen) atoms. The Morgan fingerprint density at radius 3 is 2.90 bits per heavy atom. The lowest BCUT2D eigenvalue weighted by Gasteiger charge is -2.25. The topological polar surface area (TPSA) is 90.7 Å². The molecule has 0 aliphatic rings. The van der Waals surface area contributed by atoms with Crippen LogP contribution in [0.25, 0.3) is 0 Å². The van der Waals surface area contributed by atoms with Crippen LogP contribution >= 0.6 is 11.6 Å². The number of hydrazone groups is 1. The zero-order chi connectivity index (χ0) is 21.9. The predicted molar refractivity (Wildman–Crippen MR) is 117 cm³/mol. The first-order valence-electron chi connectivity index (χ1n) is 9.28. The van der Waals surface area contributed by atoms with Crippen LogP contribution in [-0.2, 0) is 0 Å². The normalized spacial score (nSPS) is 10.6. The van der Waals surface area contributed by atoms with Crippen LogP contribution in [0, 0.1) is 11.2 Å². The zero-order valence-corrected chi connectivity index (χ0v) is 17.3. The summed E-state index contributed by atoms with van der Waals surface area (Å²) in [7, 11) is 0. The second-order valence-corrected chi connectivity index (χ2v) is 6.62. The van der Waals surface area contributed by atoms with E-state index in [0.29, 0.717) is 40.8 Å². The highest BCUT2D eigenvalue weighted by Gasteiger charge is 2.21. The second-order valence-electron chi connectivity index (χ2n) is 6.18. The van der Waals surface area contributed by atoms with Gasteiger partial charge in [-0.1, -0.05) is 25.1 Å². The summed E-state index contributed by atoms with van der Waals surface area (Å²) in [5.41, 5.74) is 4.11. The number of hydrogen-bond donors (Lipinski definition) is 2. The van der Waals surface area contributed by atoms with E-state index in [-0.39, 0.29) is 12.5 Å². The molecule has 0 saturated carbocycles. The van der Waals surface area contributed by atoms with E-state index in [9.17, 15) is 9.18 Å². The molecule has 2 aromatic rings. The van der Waals surface area contributed by atoms with Crippen LogP contribution in [0.15, 0.2) is 53.9 Å². The first-order chi connectivity index (χ1) is 14.5. The Balaban J connectivity index is 2.12. The van der Waals surface area contributed by atoms with Crippen molar-refractivity contribution < 1.29 is 13.9 Å². The number of ether oxygens (including phenoxy) is 1. The van der Waals surface area contributed by atoms with Crippen LogP contribution in [0.3, 0.4) is 0 Å². The van der Waals surface area contributed by atoms with Crippen molar-refractivity contribution in [3.8, 4) is 5.88 Å². The molecule has 1 aromatic carbocycles. The average Bonchev–Trinajstić information content (AvgIpc) is 2.74. The van der Waals surface area contributed by atoms with Gasteiger partial charge in [0, 0.05) is 36.0 Å². The minimum absolute atomic E-state index is 0.231. The molecule has 0 fully saturated rings. The van der Waals surface area contributed by atoms with E-state index in [1.807, 2.05) is 6.92 Å². The zero-order valence-electron chi connectivity index (χ0n) is 16.6. The lowest BCUT2D eigenvalue weighted by atomic mass is 10.1. The van der Waals surface area contributed by atoms with Crippen LogP contribution in [0.1, 0.15) is 30.1 Å². The van der Waals surface area contributed by atoms with Gasteiger partial charge in [-0.25, -0.2) is 9.37 Å². The first-order valence-corrected chi connectivity index (χ1v) is 9.65. The van der Waals surface area contributed by atoms with Crippen LogP contribution < -0.4 is 10.2 Å². The monoisotopic (exact) mass is 431 g/mol. The van der Waals surface area contributed by atoms with Crippen molar-refractivity contribution in [2.24, 2.45) is 5.10 Å². The van der Waals surface area contributed by atoms with Crippen molar-refractivity contribution in [2.45, 2.75) is 19.8 Å². The number of anilines is 1. The molecular formula is C21H23ClFN5O2. The van der Waals surface area contributed by atoms with Crippen LogP contribution in [0.5, 0.6) is 5.88 Å². The van der Waals surface area contributed by atoms with Gasteiger partial charge in [-0.05, 0) is 30.7 Å². The molecule has 0 aliphatic carbocycles. The minimum atomic E-state index is -0.442. The summed E-state index contributed by atoms with van der Waals surface area (Å²) in [4.78, 5) is 18.6. The van der Waals surface area contributed by atoms with Crippen molar-refractivity contribution >= 4 is 35.6 Å². The number of nitrogens with one attached hydrogen (secondary N) is 2. The summed E-state index contributed by atoms with van der Waals surface area (Å²) in [6.45, 7) is 6.67. The summed E-state index contributed by atoms with van der Waals surface area (Å²) in [6, 6.07) is 7.54. The highest BCUT2D eigenvalue weighted by atomic mass is 35.5. The van der Waals surface area contributed by atoms with Gasteiger partial charge in [0.05, 0.1) is 30.3 Å². The lowest BCUT2D eigenvalue weighted by Crippen LogP contribution is -2.32. The number of rotatable bonds is 11. The maximum atomic E-state index is 13.2. The maximum Gasteiger partial charge on any atom is 0.260 e. The predicted octanol–water partition coefficient (Wildman–Crippen LogP) is 4.76. The number of carbonyl (C=O) groups excluding carboxylic acids is 1. The summed E-state index contributed by atoms with van der Waals surface area (Å²) in [6.07, 6.45) is 4.45. The van der Waals surface area contributed by atoms with E-state index in [1.54, 1.807) is 23.1 Å². The molecular weight excluding hydrogens is 409 g/mol. The molecule has 0 bridgehead atoms. The number of halogens is 2.